The van der Waals surface area contributed by atoms with Gasteiger partial charge in [0.05, 0.1) is 95.7 Å². The number of hydrogen-bond acceptors (Lipinski definition) is 21. The fraction of sp³-hybridized carbons (Fsp3) is 0.303. The molecule has 11 aromatic heterocycles. The average Bonchev–Trinajstić information content (AvgIpc) is 1.51. The van der Waals surface area contributed by atoms with Crippen LogP contribution in [-0.4, -0.2) is 104 Å². The van der Waals surface area contributed by atoms with Gasteiger partial charge >= 0.3 is 0 Å². The van der Waals surface area contributed by atoms with E-state index in [1.807, 2.05) is 307 Å². The molecule has 0 radical (unpaired) electrons. The third-order valence-electron chi connectivity index (χ3n) is 22.9. The molecule has 0 amide bonds. The highest BCUT2D eigenvalue weighted by Crippen LogP contribution is 2.51. The van der Waals surface area contributed by atoms with Gasteiger partial charge in [0.1, 0.15) is 0 Å². The number of hydrogen-bond donors (Lipinski definition) is 0. The number of rotatable bonds is 9. The van der Waals surface area contributed by atoms with Gasteiger partial charge in [-0.25, -0.2) is 29.9 Å². The maximum atomic E-state index is 8.67. The van der Waals surface area contributed by atoms with Gasteiger partial charge in [-0.05, 0) is 215 Å². The summed E-state index contributed by atoms with van der Waals surface area (Å²) in [4.78, 5) is 45.2. The quantitative estimate of drug-likeness (QED) is 0.133. The number of benzene rings is 7. The van der Waals surface area contributed by atoms with Gasteiger partial charge in [-0.1, -0.05) is 154 Å². The summed E-state index contributed by atoms with van der Waals surface area (Å²) in [6, 6.07) is 54.2. The van der Waals surface area contributed by atoms with E-state index in [-0.39, 0.29) is 20.0 Å². The van der Waals surface area contributed by atoms with Crippen molar-refractivity contribution in [1.82, 2.24) is 39.7 Å². The van der Waals surface area contributed by atoms with Gasteiger partial charge in [-0.3, -0.25) is 0 Å². The number of nitrogens with zero attached hydrogens (tertiary/aromatic N) is 16. The van der Waals surface area contributed by atoms with Gasteiger partial charge in [0.2, 0.25) is 28.6 Å². The first-order valence-electron chi connectivity index (χ1n) is 51.3. The Balaban J connectivity index is 0.000000139. The number of anilines is 11. The van der Waals surface area contributed by atoms with Gasteiger partial charge in [-0.15, -0.1) is 0 Å². The van der Waals surface area contributed by atoms with Gasteiger partial charge in [0.15, 0.2) is 33.7 Å². The Morgan fingerprint density at radius 2 is 0.577 bits per heavy atom. The SMILES string of the molecule is CC.CC.CC.CC.CC.[2H]C(C)(C)N1C=CN(c2c(C)ccc3c2oc2ncccc23)C1.[2H]C(C)(C)N1CN(c2c(C)ccc3c2oc2ncccc23)c2ncccc21.[2H]C([2H])([2H])C([2H])(C)N1C=CN(c2c(C)ccc3c2oc2ncccc23)C1.[2H]C([2H])([2H])C([2H])(C)N1CN(c2c(C)ccc3c2oc2ncccc23)c2ccccc21.[2H]C([2H])([2H])N1CN(c2c(C)ccc3c2oc2ncccc23)c2ccccc21. The summed E-state index contributed by atoms with van der Waals surface area (Å²) in [6.07, 6.45) is 17.8. The van der Waals surface area contributed by atoms with Crippen molar-refractivity contribution in [2.24, 2.45) is 0 Å². The largest absolute Gasteiger partial charge is 0.435 e. The van der Waals surface area contributed by atoms with Crippen molar-refractivity contribution < 1.29 is 39.9 Å². The second-order valence-corrected chi connectivity index (χ2v) is 31.0. The van der Waals surface area contributed by atoms with E-state index >= 15 is 0 Å². The van der Waals surface area contributed by atoms with Crippen molar-refractivity contribution in [2.45, 2.75) is 183 Å². The van der Waals surface area contributed by atoms with Gasteiger partial charge in [-0.2, -0.15) is 0 Å². The Labute approximate surface area is 783 Å². The molecule has 672 valence electrons. The molecule has 0 saturated carbocycles. The lowest BCUT2D eigenvalue weighted by Crippen LogP contribution is -2.33. The highest BCUT2D eigenvalue weighted by molar-refractivity contribution is 6.14. The number of aromatic nitrogens is 6. The summed E-state index contributed by atoms with van der Waals surface area (Å²) in [6.45, 7) is 35.4. The topological polar surface area (TPSA) is 175 Å². The van der Waals surface area contributed by atoms with Crippen molar-refractivity contribution in [3.63, 3.8) is 0 Å². The van der Waals surface area contributed by atoms with Crippen LogP contribution in [0.4, 0.5) is 62.7 Å². The van der Waals surface area contributed by atoms with Crippen LogP contribution in [0.15, 0.2) is 266 Å². The molecule has 2 atom stereocenters. The fourth-order valence-electron chi connectivity index (χ4n) is 16.9. The molecule has 0 bridgehead atoms. The molecule has 0 spiro atoms. The number of fused-ring (bicyclic) bond motifs is 18. The highest BCUT2D eigenvalue weighted by Gasteiger charge is 2.36. The molecular formula is C109H126N16O5. The van der Waals surface area contributed by atoms with Crippen molar-refractivity contribution >= 4 is 173 Å². The first kappa shape index (κ1) is 76.0. The molecule has 18 aromatic rings. The van der Waals surface area contributed by atoms with E-state index < -0.39 is 44.8 Å². The van der Waals surface area contributed by atoms with Crippen LogP contribution in [0.3, 0.4) is 0 Å². The lowest BCUT2D eigenvalue weighted by Gasteiger charge is -2.26. The molecule has 130 heavy (non-hydrogen) atoms. The second-order valence-electron chi connectivity index (χ2n) is 31.0. The highest BCUT2D eigenvalue weighted by atomic mass is 16.4. The summed E-state index contributed by atoms with van der Waals surface area (Å²) < 4.78 is 135. The summed E-state index contributed by atoms with van der Waals surface area (Å²) in [5.41, 5.74) is 20.8. The zero-order valence-electron chi connectivity index (χ0n) is 91.3. The van der Waals surface area contributed by atoms with E-state index in [4.69, 9.17) is 39.9 Å². The predicted octanol–water partition coefficient (Wildman–Crippen LogP) is 29.1. The van der Waals surface area contributed by atoms with Crippen LogP contribution in [0.25, 0.3) is 110 Å². The Bertz CT molecular complexity index is 7470. The smallest absolute Gasteiger partial charge is 0.227 e. The molecule has 21 heteroatoms. The minimum atomic E-state index is -2.47. The molecule has 16 heterocycles. The van der Waals surface area contributed by atoms with Crippen LogP contribution in [-0.2, 0) is 0 Å². The summed E-state index contributed by atoms with van der Waals surface area (Å²) >= 11 is 0. The lowest BCUT2D eigenvalue weighted by atomic mass is 10.1. The van der Waals surface area contributed by atoms with E-state index in [2.05, 4.69) is 82.7 Å². The van der Waals surface area contributed by atoms with Crippen molar-refractivity contribution in [3.8, 4) is 0 Å². The summed E-state index contributed by atoms with van der Waals surface area (Å²) in [5.74, 6) is 0.849. The standard InChI is InChI=1S/C22H21N3O.C21H20N4O.C20H17N3O.2C18H19N3O.5C2H6/c1-14(2)24-13-25(19-9-5-4-8-18(19)24)20-15(3)10-11-16-17-7-6-12-23-22(17)26-21(16)20;1-13(2)24-12-25(20-17(24)7-5-10-22-20)18-14(3)8-9-15-16-6-4-11-23-21(16)26-19(15)18;1-13-9-10-14-15-6-5-11-21-20(15)24-19(14)18(13)23-12-22(2)16-7-3-4-8-17(16)23;2*1-12(2)20-9-10-21(11-20)16-13(3)6-7-14-15-5-4-8-19-18(15)22-17(14)16;5*1-2/h4-12,14H,13H2,1-3H3;4-11,13H,12H2,1-3H3;3-11H,12H2,1-2H3;2*4-10,12H,11H2,1-3H3;5*1-2H3/i1D3,14D;13D;2D3;1D3,12D;12D;;;;;. The third-order valence-corrected chi connectivity index (χ3v) is 22.9. The number of aryl methyl sites for hydroxylation is 5. The van der Waals surface area contributed by atoms with E-state index in [1.165, 1.54) is 23.6 Å². The van der Waals surface area contributed by atoms with Gasteiger partial charge in [0, 0.05) is 159 Å². The first-order valence-corrected chi connectivity index (χ1v) is 44.8. The van der Waals surface area contributed by atoms with Gasteiger partial charge < -0.3 is 71.1 Å². The van der Waals surface area contributed by atoms with Crippen LogP contribution in [0.5, 0.6) is 0 Å². The maximum Gasteiger partial charge on any atom is 0.227 e. The normalized spacial score (nSPS) is 16.3. The molecule has 5 aliphatic heterocycles. The maximum absolute atomic E-state index is 8.67. The molecule has 0 aliphatic carbocycles. The zero-order chi connectivity index (χ0) is 104. The molecule has 0 fully saturated rings. The van der Waals surface area contributed by atoms with Crippen LogP contribution in [0.1, 0.15) is 170 Å². The minimum Gasteiger partial charge on any atom is -0.435 e. The number of pyridine rings is 6. The van der Waals surface area contributed by atoms with Crippen LogP contribution in [0, 0.1) is 34.6 Å². The van der Waals surface area contributed by atoms with E-state index in [1.54, 1.807) is 54.5 Å². The summed E-state index contributed by atoms with van der Waals surface area (Å²) in [7, 11) is 0. The van der Waals surface area contributed by atoms with Crippen LogP contribution in [0.2, 0.25) is 0 Å². The van der Waals surface area contributed by atoms with Gasteiger partial charge in [0.25, 0.3) is 0 Å². The fourth-order valence-corrected chi connectivity index (χ4v) is 16.9. The predicted molar refractivity (Wildman–Crippen MR) is 547 cm³/mol. The Kier molecular flexibility index (Phi) is 23.7. The number of furan rings is 5. The van der Waals surface area contributed by atoms with E-state index in [0.29, 0.717) is 58.8 Å². The zero-order valence-corrected chi connectivity index (χ0v) is 78.3. The molecule has 2 unspecified atom stereocenters. The Hall–Kier alpha value is -14.1. The third kappa shape index (κ3) is 17.4. The van der Waals surface area contributed by atoms with E-state index in [0.717, 1.165) is 155 Å². The molecular weight excluding hydrogens is 1610 g/mol. The van der Waals surface area contributed by atoms with Crippen LogP contribution < -0.4 is 39.2 Å². The van der Waals surface area contributed by atoms with Crippen molar-refractivity contribution in [3.05, 3.63) is 272 Å². The Morgan fingerprint density at radius 1 is 0.277 bits per heavy atom. The number of para-hydroxylation sites is 4. The lowest BCUT2D eigenvalue weighted by molar-refractivity contribution is 0.336. The molecule has 7 aromatic carbocycles. The second kappa shape index (κ2) is 40.5. The molecule has 0 N–H and O–H groups in total. The summed E-state index contributed by atoms with van der Waals surface area (Å²) in [5, 5.41) is 9.88. The first-order chi connectivity index (χ1) is 68.2. The van der Waals surface area contributed by atoms with Crippen LogP contribution >= 0.6 is 0 Å². The minimum absolute atomic E-state index is 0.236. The molecule has 23 rings (SSSR count). The molecule has 21 nitrogen and oxygen atoms in total. The average molecular weight is 1750 g/mol. The van der Waals surface area contributed by atoms with Crippen molar-refractivity contribution in [1.29, 1.82) is 0 Å². The van der Waals surface area contributed by atoms with Crippen molar-refractivity contribution in [2.75, 3.05) is 79.5 Å². The Morgan fingerprint density at radius 3 is 0.946 bits per heavy atom. The molecule has 0 saturated heterocycles. The van der Waals surface area contributed by atoms with E-state index in [9.17, 15) is 0 Å². The monoisotopic (exact) mass is 1750 g/mol. The molecule has 5 aliphatic rings.